The normalized spacial score (nSPS) is 14.5. The van der Waals surface area contributed by atoms with Crippen molar-refractivity contribution in [1.82, 2.24) is 15.6 Å². The summed E-state index contributed by atoms with van der Waals surface area (Å²) in [5.41, 5.74) is 1.39. The number of aliphatic imine (C=N–C) groups is 1. The van der Waals surface area contributed by atoms with Gasteiger partial charge in [0.05, 0.1) is 12.1 Å². The second-order valence-electron chi connectivity index (χ2n) is 5.48. The molecule has 0 saturated carbocycles. The fourth-order valence-electron chi connectivity index (χ4n) is 2.40. The Labute approximate surface area is 150 Å². The Morgan fingerprint density at radius 2 is 2.00 bits per heavy atom. The number of rotatable bonds is 5. The fraction of sp³-hybridized carbons (Fsp3) is 0.222. The summed E-state index contributed by atoms with van der Waals surface area (Å²) in [6.45, 7) is 0.700. The van der Waals surface area contributed by atoms with E-state index in [1.54, 1.807) is 18.3 Å². The van der Waals surface area contributed by atoms with Crippen LogP contribution in [0, 0.1) is 0 Å². The summed E-state index contributed by atoms with van der Waals surface area (Å²) in [6.07, 6.45) is 3.47. The lowest BCUT2D eigenvalue weighted by Gasteiger charge is -2.18. The number of carbonyl (C=O) groups is 2. The number of nitrogens with zero attached hydrogens (tertiary/aromatic N) is 2. The summed E-state index contributed by atoms with van der Waals surface area (Å²) in [5.74, 6) is 0.264. The minimum atomic E-state index is -0.695. The Bertz CT molecular complexity index is 765. The molecule has 0 spiro atoms. The van der Waals surface area contributed by atoms with E-state index >= 15 is 0 Å². The smallest absolute Gasteiger partial charge is 0.253 e. The van der Waals surface area contributed by atoms with Crippen molar-refractivity contribution in [3.05, 3.63) is 66.0 Å². The minimum Gasteiger partial charge on any atom is -0.340 e. The highest BCUT2D eigenvalue weighted by molar-refractivity contribution is 8.14. The number of pyridine rings is 1. The van der Waals surface area contributed by atoms with Crippen LogP contribution in [0.1, 0.15) is 15.9 Å². The third-order valence-electron chi connectivity index (χ3n) is 3.64. The van der Waals surface area contributed by atoms with Crippen molar-refractivity contribution in [3.63, 3.8) is 0 Å². The molecule has 0 saturated heterocycles. The molecule has 1 aliphatic heterocycles. The van der Waals surface area contributed by atoms with Gasteiger partial charge in [-0.25, -0.2) is 0 Å². The predicted octanol–water partition coefficient (Wildman–Crippen LogP) is 1.64. The van der Waals surface area contributed by atoms with Crippen LogP contribution in [-0.4, -0.2) is 40.3 Å². The molecule has 25 heavy (non-hydrogen) atoms. The maximum absolute atomic E-state index is 12.6. The molecule has 7 heteroatoms. The van der Waals surface area contributed by atoms with Gasteiger partial charge < -0.3 is 10.6 Å². The maximum atomic E-state index is 12.6. The first-order chi connectivity index (χ1) is 12.2. The van der Waals surface area contributed by atoms with E-state index in [2.05, 4.69) is 20.6 Å². The molecule has 1 atom stereocenters. The third-order valence-corrected chi connectivity index (χ3v) is 4.54. The van der Waals surface area contributed by atoms with E-state index in [0.29, 0.717) is 23.7 Å². The molecule has 128 valence electrons. The van der Waals surface area contributed by atoms with Crippen LogP contribution < -0.4 is 10.6 Å². The Morgan fingerprint density at radius 1 is 1.16 bits per heavy atom. The minimum absolute atomic E-state index is 0.269. The molecule has 1 aliphatic rings. The average molecular weight is 354 g/mol. The number of amides is 2. The van der Waals surface area contributed by atoms with Gasteiger partial charge >= 0.3 is 0 Å². The van der Waals surface area contributed by atoms with Crippen molar-refractivity contribution in [3.8, 4) is 0 Å². The molecule has 0 unspecified atom stereocenters. The number of hydrogen-bond donors (Lipinski definition) is 2. The summed E-state index contributed by atoms with van der Waals surface area (Å²) < 4.78 is 0. The molecule has 0 fully saturated rings. The van der Waals surface area contributed by atoms with Gasteiger partial charge in [-0.2, -0.15) is 0 Å². The highest BCUT2D eigenvalue weighted by atomic mass is 32.2. The largest absolute Gasteiger partial charge is 0.340 e. The van der Waals surface area contributed by atoms with E-state index in [1.807, 2.05) is 30.3 Å². The van der Waals surface area contributed by atoms with Crippen molar-refractivity contribution in [1.29, 1.82) is 0 Å². The first kappa shape index (κ1) is 17.2. The molecule has 0 radical (unpaired) electrons. The number of amidine groups is 1. The quantitative estimate of drug-likeness (QED) is 0.855. The number of aromatic nitrogens is 1. The Balaban J connectivity index is 1.73. The van der Waals surface area contributed by atoms with Crippen LogP contribution in [0.3, 0.4) is 0 Å². The Hall–Kier alpha value is -2.67. The van der Waals surface area contributed by atoms with Gasteiger partial charge in [0.1, 0.15) is 6.04 Å². The third kappa shape index (κ3) is 4.90. The zero-order chi connectivity index (χ0) is 17.5. The van der Waals surface area contributed by atoms with Gasteiger partial charge in [-0.3, -0.25) is 19.6 Å². The molecule has 0 bridgehead atoms. The van der Waals surface area contributed by atoms with Crippen LogP contribution in [0.25, 0.3) is 0 Å². The van der Waals surface area contributed by atoms with Crippen LogP contribution in [0.2, 0.25) is 0 Å². The van der Waals surface area contributed by atoms with Gasteiger partial charge in [-0.15, -0.1) is 0 Å². The summed E-state index contributed by atoms with van der Waals surface area (Å²) in [5, 5.41) is 6.21. The first-order valence-electron chi connectivity index (χ1n) is 7.95. The monoisotopic (exact) mass is 354 g/mol. The molecular formula is C18H18N4O2S. The molecule has 2 N–H and O–H groups in total. The number of thioether (sulfide) groups is 1. The van der Waals surface area contributed by atoms with Gasteiger partial charge in [0.15, 0.2) is 5.17 Å². The van der Waals surface area contributed by atoms with Crippen LogP contribution in [0.5, 0.6) is 0 Å². The van der Waals surface area contributed by atoms with E-state index in [0.717, 1.165) is 11.3 Å². The van der Waals surface area contributed by atoms with E-state index in [-0.39, 0.29) is 11.8 Å². The molecule has 2 aromatic rings. The van der Waals surface area contributed by atoms with Crippen molar-refractivity contribution in [2.24, 2.45) is 4.99 Å². The van der Waals surface area contributed by atoms with E-state index in [9.17, 15) is 9.59 Å². The molecule has 1 aromatic carbocycles. The zero-order valence-electron chi connectivity index (χ0n) is 13.5. The predicted molar refractivity (Wildman–Crippen MR) is 98.5 cm³/mol. The summed E-state index contributed by atoms with van der Waals surface area (Å²) >= 11 is 1.51. The molecule has 3 rings (SSSR count). The molecule has 2 amide bonds. The van der Waals surface area contributed by atoms with Crippen LogP contribution in [0.4, 0.5) is 0 Å². The topological polar surface area (TPSA) is 83.5 Å². The van der Waals surface area contributed by atoms with E-state index in [1.165, 1.54) is 18.0 Å². The lowest BCUT2D eigenvalue weighted by atomic mass is 10.0. The van der Waals surface area contributed by atoms with Gasteiger partial charge in [-0.05, 0) is 17.7 Å². The highest BCUT2D eigenvalue weighted by Gasteiger charge is 2.24. The summed E-state index contributed by atoms with van der Waals surface area (Å²) in [4.78, 5) is 33.2. The van der Waals surface area contributed by atoms with Gasteiger partial charge in [0, 0.05) is 24.6 Å². The van der Waals surface area contributed by atoms with E-state index in [4.69, 9.17) is 0 Å². The van der Waals surface area contributed by atoms with Crippen LogP contribution in [0.15, 0.2) is 59.9 Å². The molecular weight excluding hydrogens is 336 g/mol. The van der Waals surface area contributed by atoms with Gasteiger partial charge in [0.25, 0.3) is 5.91 Å². The first-order valence-corrected chi connectivity index (χ1v) is 8.94. The number of benzene rings is 1. The summed E-state index contributed by atoms with van der Waals surface area (Å²) in [6, 6.07) is 12.2. The maximum Gasteiger partial charge on any atom is 0.253 e. The number of nitrogens with one attached hydrogen (secondary N) is 2. The van der Waals surface area contributed by atoms with Crippen molar-refractivity contribution < 1.29 is 9.59 Å². The van der Waals surface area contributed by atoms with Crippen molar-refractivity contribution in [2.45, 2.75) is 12.5 Å². The van der Waals surface area contributed by atoms with Crippen molar-refractivity contribution in [2.75, 3.05) is 12.3 Å². The van der Waals surface area contributed by atoms with Crippen LogP contribution >= 0.6 is 11.8 Å². The fourth-order valence-corrected chi connectivity index (χ4v) is 3.13. The molecule has 6 nitrogen and oxygen atoms in total. The van der Waals surface area contributed by atoms with Crippen LogP contribution in [-0.2, 0) is 11.2 Å². The number of carbonyl (C=O) groups excluding carboxylic acids is 2. The SMILES string of the molecule is O=C(N[C@@H](Cc1ccccc1)C(=O)NC1=NCCS1)c1cccnc1. The standard InChI is InChI=1S/C18H18N4O2S/c23-16(14-7-4-8-19-12-14)21-15(11-13-5-2-1-3-6-13)17(24)22-18-20-9-10-25-18/h1-8,12,15H,9-11H2,(H,21,23)(H,20,22,24)/t15-/m0/s1. The van der Waals surface area contributed by atoms with Gasteiger partial charge in [-0.1, -0.05) is 42.1 Å². The highest BCUT2D eigenvalue weighted by Crippen LogP contribution is 2.10. The number of hydrogen-bond acceptors (Lipinski definition) is 5. The lowest BCUT2D eigenvalue weighted by Crippen LogP contribution is -2.49. The van der Waals surface area contributed by atoms with Crippen molar-refractivity contribution >= 4 is 28.7 Å². The lowest BCUT2D eigenvalue weighted by molar-refractivity contribution is -0.121. The Morgan fingerprint density at radius 3 is 2.68 bits per heavy atom. The molecule has 0 aliphatic carbocycles. The zero-order valence-corrected chi connectivity index (χ0v) is 14.3. The molecule has 1 aromatic heterocycles. The molecule has 2 heterocycles. The van der Waals surface area contributed by atoms with E-state index < -0.39 is 6.04 Å². The second kappa shape index (κ2) is 8.43. The second-order valence-corrected chi connectivity index (χ2v) is 6.57. The average Bonchev–Trinajstić information content (AvgIpc) is 3.15. The Kier molecular flexibility index (Phi) is 5.79. The summed E-state index contributed by atoms with van der Waals surface area (Å²) in [7, 11) is 0. The van der Waals surface area contributed by atoms with Gasteiger partial charge in [0.2, 0.25) is 5.91 Å².